The Morgan fingerprint density at radius 1 is 1.30 bits per heavy atom. The summed E-state index contributed by atoms with van der Waals surface area (Å²) in [6, 6.07) is 3.48. The number of piperidine rings is 1. The quantitative estimate of drug-likeness (QED) is 0.832. The van der Waals surface area contributed by atoms with E-state index in [1.165, 1.54) is 6.07 Å². The number of aromatic nitrogens is 2. The van der Waals surface area contributed by atoms with Crippen LogP contribution in [0.3, 0.4) is 0 Å². The molecule has 6 nitrogen and oxygen atoms in total. The Morgan fingerprint density at radius 3 is 2.67 bits per heavy atom. The lowest BCUT2D eigenvalue weighted by Gasteiger charge is -2.38. The molecule has 1 aliphatic heterocycles. The van der Waals surface area contributed by atoms with Gasteiger partial charge in [0.1, 0.15) is 5.60 Å². The standard InChI is InChI=1S/C19H23F2N3O3/c1-26-19(18-22-17(23-27-18)12-2-3-12)6-8-24(9-7-19)11-16(25)13-4-5-14(20)15(21)10-13/h4-5,10,12,16,25H,2-3,6-9,11H2,1H3. The first kappa shape index (κ1) is 18.5. The van der Waals surface area contributed by atoms with Gasteiger partial charge in [0.25, 0.3) is 5.89 Å². The second-order valence-electron chi connectivity index (χ2n) is 7.42. The highest BCUT2D eigenvalue weighted by molar-refractivity contribution is 5.20. The van der Waals surface area contributed by atoms with Gasteiger partial charge in [-0.15, -0.1) is 0 Å². The highest BCUT2D eigenvalue weighted by Crippen LogP contribution is 2.41. The summed E-state index contributed by atoms with van der Waals surface area (Å²) in [5, 5.41) is 14.4. The average Bonchev–Trinajstić information content (AvgIpc) is 3.41. The number of β-amino-alcohol motifs (C(OH)–C–C–N with tert-alkyl or cyclic N) is 1. The topological polar surface area (TPSA) is 71.6 Å². The molecule has 1 atom stereocenters. The van der Waals surface area contributed by atoms with Crippen LogP contribution in [-0.2, 0) is 10.3 Å². The minimum absolute atomic E-state index is 0.335. The molecule has 2 aliphatic rings. The van der Waals surface area contributed by atoms with E-state index >= 15 is 0 Å². The number of benzene rings is 1. The van der Waals surface area contributed by atoms with Crippen molar-refractivity contribution in [2.24, 2.45) is 0 Å². The van der Waals surface area contributed by atoms with Crippen molar-refractivity contribution in [3.05, 3.63) is 47.1 Å². The van der Waals surface area contributed by atoms with Crippen LogP contribution in [0.2, 0.25) is 0 Å². The van der Waals surface area contributed by atoms with Crippen LogP contribution in [0.15, 0.2) is 22.7 Å². The predicted molar refractivity (Wildman–Crippen MR) is 92.0 cm³/mol. The maximum Gasteiger partial charge on any atom is 0.258 e. The average molecular weight is 379 g/mol. The van der Waals surface area contributed by atoms with Crippen LogP contribution in [-0.4, -0.2) is 46.9 Å². The molecule has 2 fully saturated rings. The van der Waals surface area contributed by atoms with Crippen LogP contribution in [0.1, 0.15) is 55.0 Å². The fourth-order valence-corrected chi connectivity index (χ4v) is 3.60. The SMILES string of the molecule is COC1(c2nc(C3CC3)no2)CCN(CC(O)c2ccc(F)c(F)c2)CC1. The molecule has 1 saturated heterocycles. The zero-order chi connectivity index (χ0) is 19.0. The summed E-state index contributed by atoms with van der Waals surface area (Å²) in [6.07, 6.45) is 2.63. The van der Waals surface area contributed by atoms with Gasteiger partial charge in [-0.2, -0.15) is 4.98 Å². The van der Waals surface area contributed by atoms with E-state index in [9.17, 15) is 13.9 Å². The third kappa shape index (κ3) is 3.74. The van der Waals surface area contributed by atoms with Crippen LogP contribution < -0.4 is 0 Å². The van der Waals surface area contributed by atoms with Gasteiger partial charge in [0.15, 0.2) is 17.5 Å². The number of aliphatic hydroxyl groups is 1. The molecule has 0 bridgehead atoms. The van der Waals surface area contributed by atoms with Gasteiger partial charge >= 0.3 is 0 Å². The first-order valence-electron chi connectivity index (χ1n) is 9.25. The number of hydrogen-bond acceptors (Lipinski definition) is 6. The fourth-order valence-electron chi connectivity index (χ4n) is 3.60. The van der Waals surface area contributed by atoms with Crippen LogP contribution in [0.5, 0.6) is 0 Å². The smallest absolute Gasteiger partial charge is 0.258 e. The van der Waals surface area contributed by atoms with E-state index in [1.54, 1.807) is 7.11 Å². The molecule has 1 aromatic carbocycles. The molecular weight excluding hydrogens is 356 g/mol. The number of hydrogen-bond donors (Lipinski definition) is 1. The molecule has 2 heterocycles. The van der Waals surface area contributed by atoms with Gasteiger partial charge in [-0.25, -0.2) is 8.78 Å². The molecule has 27 heavy (non-hydrogen) atoms. The summed E-state index contributed by atoms with van der Waals surface area (Å²) >= 11 is 0. The van der Waals surface area contributed by atoms with E-state index < -0.39 is 23.3 Å². The van der Waals surface area contributed by atoms with Gasteiger partial charge in [0.05, 0.1) is 6.10 Å². The Kier molecular flexibility index (Phi) is 4.96. The first-order valence-corrected chi connectivity index (χ1v) is 9.25. The van der Waals surface area contributed by atoms with Crippen molar-refractivity contribution in [3.8, 4) is 0 Å². The molecule has 1 aromatic heterocycles. The van der Waals surface area contributed by atoms with Crippen LogP contribution in [0.25, 0.3) is 0 Å². The van der Waals surface area contributed by atoms with Crippen molar-refractivity contribution in [1.29, 1.82) is 0 Å². The van der Waals surface area contributed by atoms with Crippen molar-refractivity contribution in [3.63, 3.8) is 0 Å². The van der Waals surface area contributed by atoms with Crippen LogP contribution >= 0.6 is 0 Å². The summed E-state index contributed by atoms with van der Waals surface area (Å²) in [7, 11) is 1.65. The molecule has 2 aromatic rings. The van der Waals surface area contributed by atoms with Gasteiger partial charge in [0, 0.05) is 32.7 Å². The molecule has 8 heteroatoms. The Hall–Kier alpha value is -1.90. The highest BCUT2D eigenvalue weighted by Gasteiger charge is 2.42. The first-order chi connectivity index (χ1) is 13.0. The molecule has 0 spiro atoms. The van der Waals surface area contributed by atoms with Crippen molar-refractivity contribution in [2.75, 3.05) is 26.7 Å². The lowest BCUT2D eigenvalue weighted by atomic mass is 9.90. The predicted octanol–water partition coefficient (Wildman–Crippen LogP) is 2.90. The minimum atomic E-state index is -0.952. The zero-order valence-electron chi connectivity index (χ0n) is 15.2. The van der Waals surface area contributed by atoms with Crippen molar-refractivity contribution in [2.45, 2.75) is 43.3 Å². The molecule has 0 amide bonds. The Bertz CT molecular complexity index is 801. The summed E-state index contributed by atoms with van der Waals surface area (Å²) in [6.45, 7) is 1.66. The summed E-state index contributed by atoms with van der Waals surface area (Å²) in [4.78, 5) is 6.61. The summed E-state index contributed by atoms with van der Waals surface area (Å²) in [5.41, 5.74) is -0.243. The molecule has 1 saturated carbocycles. The number of rotatable bonds is 6. The number of nitrogens with zero attached hydrogens (tertiary/aromatic N) is 3. The Labute approximate surface area is 156 Å². The molecule has 146 valence electrons. The van der Waals surface area contributed by atoms with Crippen molar-refractivity contribution >= 4 is 0 Å². The van der Waals surface area contributed by atoms with Gasteiger partial charge in [-0.3, -0.25) is 0 Å². The third-order valence-corrected chi connectivity index (χ3v) is 5.59. The number of likely N-dealkylation sites (tertiary alicyclic amines) is 1. The second-order valence-corrected chi connectivity index (χ2v) is 7.42. The largest absolute Gasteiger partial charge is 0.387 e. The number of halogens is 2. The normalized spacial score (nSPS) is 21.3. The lowest BCUT2D eigenvalue weighted by molar-refractivity contribution is -0.0866. The fraction of sp³-hybridized carbons (Fsp3) is 0.579. The third-order valence-electron chi connectivity index (χ3n) is 5.59. The molecular formula is C19H23F2N3O3. The van der Waals surface area contributed by atoms with E-state index in [0.717, 1.165) is 30.8 Å². The Morgan fingerprint density at radius 2 is 2.04 bits per heavy atom. The van der Waals surface area contributed by atoms with E-state index in [0.29, 0.717) is 49.8 Å². The molecule has 1 aliphatic carbocycles. The summed E-state index contributed by atoms with van der Waals surface area (Å²) in [5.74, 6) is -0.168. The summed E-state index contributed by atoms with van der Waals surface area (Å²) < 4.78 is 37.7. The van der Waals surface area contributed by atoms with E-state index in [2.05, 4.69) is 15.0 Å². The van der Waals surface area contributed by atoms with E-state index in [-0.39, 0.29) is 0 Å². The monoisotopic (exact) mass is 379 g/mol. The number of ether oxygens (including phenoxy) is 1. The van der Waals surface area contributed by atoms with Crippen molar-refractivity contribution < 1.29 is 23.1 Å². The van der Waals surface area contributed by atoms with E-state index in [4.69, 9.17) is 9.26 Å². The number of methoxy groups -OCH3 is 1. The Balaban J connectivity index is 1.38. The van der Waals surface area contributed by atoms with Crippen LogP contribution in [0.4, 0.5) is 8.78 Å². The molecule has 1 N–H and O–H groups in total. The lowest BCUT2D eigenvalue weighted by Crippen LogP contribution is -2.45. The van der Waals surface area contributed by atoms with Gasteiger partial charge in [0.2, 0.25) is 0 Å². The van der Waals surface area contributed by atoms with Gasteiger partial charge in [-0.05, 0) is 43.4 Å². The van der Waals surface area contributed by atoms with Gasteiger partial charge in [-0.1, -0.05) is 11.2 Å². The zero-order valence-corrected chi connectivity index (χ0v) is 15.2. The van der Waals surface area contributed by atoms with Gasteiger partial charge < -0.3 is 19.3 Å². The van der Waals surface area contributed by atoms with Crippen LogP contribution in [0, 0.1) is 11.6 Å². The maximum absolute atomic E-state index is 13.4. The highest BCUT2D eigenvalue weighted by atomic mass is 19.2. The minimum Gasteiger partial charge on any atom is -0.387 e. The van der Waals surface area contributed by atoms with Crippen molar-refractivity contribution in [1.82, 2.24) is 15.0 Å². The molecule has 0 radical (unpaired) electrons. The maximum atomic E-state index is 13.4. The second kappa shape index (κ2) is 7.26. The number of aliphatic hydroxyl groups excluding tert-OH is 1. The van der Waals surface area contributed by atoms with E-state index in [1.807, 2.05) is 0 Å². The molecule has 1 unspecified atom stereocenters. The molecule has 4 rings (SSSR count).